The van der Waals surface area contributed by atoms with Gasteiger partial charge in [-0.15, -0.1) is 0 Å². The molecule has 2 aromatic rings. The van der Waals surface area contributed by atoms with Crippen molar-refractivity contribution in [2.75, 3.05) is 0 Å². The lowest BCUT2D eigenvalue weighted by Gasteiger charge is -2.12. The highest BCUT2D eigenvalue weighted by Crippen LogP contribution is 2.21. The molecule has 2 heterocycles. The molecule has 0 N–H and O–H groups in total. The van der Waals surface area contributed by atoms with E-state index in [4.69, 9.17) is 0 Å². The summed E-state index contributed by atoms with van der Waals surface area (Å²) in [6, 6.07) is 0. The second kappa shape index (κ2) is 15.3. The van der Waals surface area contributed by atoms with Gasteiger partial charge in [0.15, 0.2) is 0 Å². The van der Waals surface area contributed by atoms with Gasteiger partial charge in [0.05, 0.1) is 10.8 Å². The summed E-state index contributed by atoms with van der Waals surface area (Å²) >= 11 is 0. The van der Waals surface area contributed by atoms with Gasteiger partial charge in [-0.1, -0.05) is 104 Å². The Morgan fingerprint density at radius 1 is 0.529 bits per heavy atom. The van der Waals surface area contributed by atoms with Crippen LogP contribution in [0.2, 0.25) is 0 Å². The smallest absolute Gasteiger partial charge is 0.275 e. The largest absolute Gasteiger partial charge is 0.348 e. The molecule has 5 nitrogen and oxygen atoms in total. The third-order valence-electron chi connectivity index (χ3n) is 7.56. The van der Waals surface area contributed by atoms with E-state index >= 15 is 0 Å². The van der Waals surface area contributed by atoms with Crippen molar-refractivity contribution in [2.24, 2.45) is 7.05 Å². The number of aryl methyl sites for hydroxylation is 2. The highest BCUT2D eigenvalue weighted by Gasteiger charge is 2.20. The minimum atomic E-state index is -0.0455. The lowest BCUT2D eigenvalue weighted by atomic mass is 10.0. The van der Waals surface area contributed by atoms with Crippen molar-refractivity contribution >= 4 is 10.8 Å². The number of fused-ring (bicyclic) bond motifs is 1. The first-order chi connectivity index (χ1) is 16.5. The van der Waals surface area contributed by atoms with Crippen LogP contribution in [0, 0.1) is 13.8 Å². The summed E-state index contributed by atoms with van der Waals surface area (Å²) in [6.45, 7) is 9.89. The van der Waals surface area contributed by atoms with Crippen molar-refractivity contribution in [3.63, 3.8) is 0 Å². The van der Waals surface area contributed by atoms with Crippen molar-refractivity contribution in [3.05, 3.63) is 32.1 Å². The molecule has 0 fully saturated rings. The van der Waals surface area contributed by atoms with Gasteiger partial charge < -0.3 is 4.57 Å². The molecule has 0 aliphatic heterocycles. The van der Waals surface area contributed by atoms with Crippen LogP contribution in [0.5, 0.6) is 0 Å². The molecule has 0 radical (unpaired) electrons. The first-order valence-electron chi connectivity index (χ1n) is 14.2. The second-order valence-corrected chi connectivity index (χ2v) is 10.3. The van der Waals surface area contributed by atoms with Crippen molar-refractivity contribution in [3.8, 4) is 0 Å². The number of rotatable bonds is 18. The zero-order valence-corrected chi connectivity index (χ0v) is 22.9. The predicted octanol–water partition coefficient (Wildman–Crippen LogP) is 7.40. The average Bonchev–Trinajstić information content (AvgIpc) is 3.08. The van der Waals surface area contributed by atoms with E-state index in [1.165, 1.54) is 77.0 Å². The summed E-state index contributed by atoms with van der Waals surface area (Å²) in [5.74, 6) is 0. The van der Waals surface area contributed by atoms with Crippen molar-refractivity contribution < 1.29 is 0 Å². The minimum absolute atomic E-state index is 0.0114. The Morgan fingerprint density at radius 2 is 0.941 bits per heavy atom. The van der Waals surface area contributed by atoms with Crippen LogP contribution in [0.1, 0.15) is 128 Å². The summed E-state index contributed by atoms with van der Waals surface area (Å²) in [5.41, 5.74) is 1.82. The van der Waals surface area contributed by atoms with Crippen molar-refractivity contribution in [2.45, 2.75) is 144 Å². The molecule has 0 bridgehead atoms. The van der Waals surface area contributed by atoms with Gasteiger partial charge in [0.2, 0.25) is 0 Å². The molecule has 34 heavy (non-hydrogen) atoms. The molecular weight excluding hydrogens is 422 g/mol. The van der Waals surface area contributed by atoms with Crippen molar-refractivity contribution in [1.29, 1.82) is 0 Å². The topological polar surface area (TPSA) is 48.9 Å². The summed E-state index contributed by atoms with van der Waals surface area (Å²) in [5, 5.41) is 1.24. The molecular formula is C29H51N3O2. The van der Waals surface area contributed by atoms with Crippen LogP contribution in [-0.2, 0) is 20.1 Å². The van der Waals surface area contributed by atoms with Crippen molar-refractivity contribution in [1.82, 2.24) is 13.9 Å². The minimum Gasteiger partial charge on any atom is -0.348 e. The number of aromatic nitrogens is 3. The van der Waals surface area contributed by atoms with Gasteiger partial charge in [0.1, 0.15) is 0 Å². The highest BCUT2D eigenvalue weighted by atomic mass is 16.2. The molecule has 2 aromatic heterocycles. The molecule has 5 heteroatoms. The molecule has 0 unspecified atom stereocenters. The zero-order valence-electron chi connectivity index (χ0n) is 22.9. The van der Waals surface area contributed by atoms with Gasteiger partial charge in [-0.05, 0) is 26.7 Å². The normalized spacial score (nSPS) is 11.7. The van der Waals surface area contributed by atoms with E-state index in [0.29, 0.717) is 17.3 Å². The zero-order chi connectivity index (χ0) is 24.9. The van der Waals surface area contributed by atoms with E-state index < -0.39 is 0 Å². The Kier molecular flexibility index (Phi) is 12.8. The van der Waals surface area contributed by atoms with E-state index in [1.54, 1.807) is 16.4 Å². The first kappa shape index (κ1) is 28.5. The Morgan fingerprint density at radius 3 is 1.41 bits per heavy atom. The Labute approximate surface area is 207 Å². The molecule has 0 amide bonds. The Hall–Kier alpha value is -1.78. The summed E-state index contributed by atoms with van der Waals surface area (Å²) in [4.78, 5) is 26.4. The van der Waals surface area contributed by atoms with Gasteiger partial charge in [-0.2, -0.15) is 0 Å². The van der Waals surface area contributed by atoms with Gasteiger partial charge in [-0.3, -0.25) is 14.3 Å². The first-order valence-corrected chi connectivity index (χ1v) is 14.2. The standard InChI is InChI=1S/C29H51N3O2/c1-6-8-10-11-12-13-14-15-16-17-18-19-20-21-23-32-29(34)27-25(4)31(22-9-7-2)24(3)26(27)28(33)30(32)5/h6-23H2,1-5H3. The van der Waals surface area contributed by atoms with Gasteiger partial charge in [-0.25, -0.2) is 4.68 Å². The van der Waals surface area contributed by atoms with E-state index in [-0.39, 0.29) is 11.1 Å². The molecule has 0 spiro atoms. The number of hydrogen-bond acceptors (Lipinski definition) is 2. The van der Waals surface area contributed by atoms with E-state index in [0.717, 1.165) is 43.6 Å². The molecule has 0 aliphatic carbocycles. The third kappa shape index (κ3) is 7.61. The summed E-state index contributed by atoms with van der Waals surface area (Å²) < 4.78 is 5.37. The van der Waals surface area contributed by atoms with Crippen LogP contribution in [-0.4, -0.2) is 13.9 Å². The Bertz CT molecular complexity index is 980. The van der Waals surface area contributed by atoms with Crippen LogP contribution in [0.25, 0.3) is 10.8 Å². The third-order valence-corrected chi connectivity index (χ3v) is 7.56. The van der Waals surface area contributed by atoms with Gasteiger partial charge in [0.25, 0.3) is 11.1 Å². The molecule has 0 atom stereocenters. The Balaban J connectivity index is 1.78. The summed E-state index contributed by atoms with van der Waals surface area (Å²) in [7, 11) is 1.74. The van der Waals surface area contributed by atoms with E-state index in [2.05, 4.69) is 18.4 Å². The molecule has 194 valence electrons. The monoisotopic (exact) mass is 473 g/mol. The predicted molar refractivity (Wildman–Crippen MR) is 146 cm³/mol. The lowest BCUT2D eigenvalue weighted by molar-refractivity contribution is 0.438. The number of nitrogens with zero attached hydrogens (tertiary/aromatic N) is 3. The maximum absolute atomic E-state index is 13.3. The molecule has 2 rings (SSSR count). The van der Waals surface area contributed by atoms with Crippen LogP contribution in [0.15, 0.2) is 9.59 Å². The fourth-order valence-electron chi connectivity index (χ4n) is 5.30. The average molecular weight is 474 g/mol. The fraction of sp³-hybridized carbons (Fsp3) is 0.793. The summed E-state index contributed by atoms with van der Waals surface area (Å²) in [6.07, 6.45) is 20.5. The fourth-order valence-corrected chi connectivity index (χ4v) is 5.30. The maximum atomic E-state index is 13.3. The molecule has 0 saturated heterocycles. The maximum Gasteiger partial charge on any atom is 0.275 e. The molecule has 0 aromatic carbocycles. The highest BCUT2D eigenvalue weighted by molar-refractivity contribution is 5.86. The number of unbranched alkanes of at least 4 members (excludes halogenated alkanes) is 14. The second-order valence-electron chi connectivity index (χ2n) is 10.3. The SMILES string of the molecule is CCCCCCCCCCCCCCCCn1c(=O)c2c(C)n(CCCC)c(C)c2c(=O)n1C. The van der Waals surface area contributed by atoms with Gasteiger partial charge >= 0.3 is 0 Å². The van der Waals surface area contributed by atoms with Gasteiger partial charge in [0, 0.05) is 31.5 Å². The quantitative estimate of drug-likeness (QED) is 0.212. The van der Waals surface area contributed by atoms with Crippen LogP contribution in [0.3, 0.4) is 0 Å². The van der Waals surface area contributed by atoms with Crippen LogP contribution >= 0.6 is 0 Å². The van der Waals surface area contributed by atoms with E-state index in [9.17, 15) is 9.59 Å². The molecule has 0 aliphatic rings. The van der Waals surface area contributed by atoms with Crippen LogP contribution in [0.4, 0.5) is 0 Å². The van der Waals surface area contributed by atoms with Crippen LogP contribution < -0.4 is 11.1 Å². The lowest BCUT2D eigenvalue weighted by Crippen LogP contribution is -2.37. The van der Waals surface area contributed by atoms with E-state index in [1.807, 2.05) is 13.8 Å². The molecule has 0 saturated carbocycles. The number of hydrogen-bond donors (Lipinski definition) is 0.